The van der Waals surface area contributed by atoms with Crippen LogP contribution in [0.4, 0.5) is 0 Å². The molecule has 84 valence electrons. The van der Waals surface area contributed by atoms with Crippen LogP contribution in [0.15, 0.2) is 15.9 Å². The van der Waals surface area contributed by atoms with E-state index in [-0.39, 0.29) is 0 Å². The molecule has 0 aliphatic heterocycles. The monoisotopic (exact) mass is 287 g/mol. The van der Waals surface area contributed by atoms with Gasteiger partial charge >= 0.3 is 0 Å². The minimum absolute atomic E-state index is 0.752. The van der Waals surface area contributed by atoms with Crippen molar-refractivity contribution in [3.8, 4) is 0 Å². The number of halogens is 1. The second-order valence-corrected chi connectivity index (χ2v) is 6.27. The molecule has 2 atom stereocenters. The largest absolute Gasteiger partial charge is 0.317 e. The molecule has 1 aromatic heterocycles. The summed E-state index contributed by atoms with van der Waals surface area (Å²) < 4.78 is 1.30. The molecule has 0 spiro atoms. The van der Waals surface area contributed by atoms with Crippen LogP contribution in [0.2, 0.25) is 0 Å². The third-order valence-electron chi connectivity index (χ3n) is 3.36. The third-order valence-corrected chi connectivity index (χ3v) is 5.30. The minimum atomic E-state index is 0.752. The lowest BCUT2D eigenvalue weighted by atomic mass is 9.83. The van der Waals surface area contributed by atoms with Crippen LogP contribution in [0.3, 0.4) is 0 Å². The molecule has 1 aliphatic rings. The first-order chi connectivity index (χ1) is 7.29. The average Bonchev–Trinajstić information content (AvgIpc) is 2.65. The molecule has 1 aliphatic carbocycles. The number of rotatable bonds is 3. The lowest BCUT2D eigenvalue weighted by Crippen LogP contribution is -2.31. The highest BCUT2D eigenvalue weighted by Crippen LogP contribution is 2.32. The van der Waals surface area contributed by atoms with Gasteiger partial charge in [-0.3, -0.25) is 0 Å². The number of hydrogen-bond acceptors (Lipinski definition) is 2. The van der Waals surface area contributed by atoms with Gasteiger partial charge in [0.1, 0.15) is 0 Å². The van der Waals surface area contributed by atoms with Gasteiger partial charge in [-0.25, -0.2) is 0 Å². The molecular formula is C12H18BrNS. The molecule has 1 fully saturated rings. The van der Waals surface area contributed by atoms with E-state index < -0.39 is 0 Å². The van der Waals surface area contributed by atoms with Crippen LogP contribution in [0.25, 0.3) is 0 Å². The summed E-state index contributed by atoms with van der Waals surface area (Å²) in [6.07, 6.45) is 6.76. The Balaban J connectivity index is 1.92. The second kappa shape index (κ2) is 5.46. The van der Waals surface area contributed by atoms with Crippen LogP contribution in [0.5, 0.6) is 0 Å². The summed E-state index contributed by atoms with van der Waals surface area (Å²) in [6.45, 7) is 0. The maximum absolute atomic E-state index is 3.62. The maximum Gasteiger partial charge on any atom is 0.0314 e. The van der Waals surface area contributed by atoms with Crippen LogP contribution in [0.1, 0.15) is 30.6 Å². The number of thiophene rings is 1. The van der Waals surface area contributed by atoms with Gasteiger partial charge in [0, 0.05) is 15.4 Å². The van der Waals surface area contributed by atoms with E-state index in [9.17, 15) is 0 Å². The maximum atomic E-state index is 3.62. The summed E-state index contributed by atoms with van der Waals surface area (Å²) in [4.78, 5) is 1.52. The van der Waals surface area contributed by atoms with E-state index in [1.54, 1.807) is 0 Å². The standard InChI is InChI=1S/C12H18BrNS/c1-14-10-4-2-3-9(7-10)8-12-11(13)5-6-15-12/h5-6,9-10,14H,2-4,7-8H2,1H3. The summed E-state index contributed by atoms with van der Waals surface area (Å²) in [7, 11) is 2.09. The topological polar surface area (TPSA) is 12.0 Å². The Hall–Kier alpha value is 0.140. The molecule has 1 saturated carbocycles. The predicted molar refractivity (Wildman–Crippen MR) is 70.5 cm³/mol. The normalized spacial score (nSPS) is 26.8. The van der Waals surface area contributed by atoms with Gasteiger partial charge in [0.25, 0.3) is 0 Å². The van der Waals surface area contributed by atoms with Crippen molar-refractivity contribution in [1.29, 1.82) is 0 Å². The van der Waals surface area contributed by atoms with Gasteiger partial charge in [0.05, 0.1) is 0 Å². The van der Waals surface area contributed by atoms with Gasteiger partial charge in [0.15, 0.2) is 0 Å². The van der Waals surface area contributed by atoms with Crippen LogP contribution < -0.4 is 5.32 Å². The van der Waals surface area contributed by atoms with Gasteiger partial charge in [0.2, 0.25) is 0 Å². The smallest absolute Gasteiger partial charge is 0.0314 e. The average molecular weight is 288 g/mol. The van der Waals surface area contributed by atoms with Gasteiger partial charge < -0.3 is 5.32 Å². The zero-order valence-electron chi connectivity index (χ0n) is 9.13. The van der Waals surface area contributed by atoms with E-state index in [1.165, 1.54) is 41.5 Å². The molecule has 1 nitrogen and oxygen atoms in total. The Bertz CT molecular complexity index is 310. The van der Waals surface area contributed by atoms with E-state index in [0.29, 0.717) is 0 Å². The van der Waals surface area contributed by atoms with Gasteiger partial charge in [-0.15, -0.1) is 11.3 Å². The van der Waals surface area contributed by atoms with Crippen molar-refractivity contribution in [2.45, 2.75) is 38.1 Å². The zero-order valence-corrected chi connectivity index (χ0v) is 11.5. The fourth-order valence-electron chi connectivity index (χ4n) is 2.47. The quantitative estimate of drug-likeness (QED) is 0.891. The fraction of sp³-hybridized carbons (Fsp3) is 0.667. The van der Waals surface area contributed by atoms with Crippen LogP contribution >= 0.6 is 27.3 Å². The summed E-state index contributed by atoms with van der Waals surface area (Å²) in [5.74, 6) is 0.881. The molecule has 1 heterocycles. The Morgan fingerprint density at radius 2 is 2.40 bits per heavy atom. The SMILES string of the molecule is CNC1CCCC(Cc2sccc2Br)C1. The number of nitrogens with one attached hydrogen (secondary N) is 1. The van der Waals surface area contributed by atoms with Crippen molar-refractivity contribution in [3.05, 3.63) is 20.8 Å². The summed E-state index contributed by atoms with van der Waals surface area (Å²) >= 11 is 5.50. The summed E-state index contributed by atoms with van der Waals surface area (Å²) in [5, 5.41) is 5.60. The molecule has 3 heteroatoms. The summed E-state index contributed by atoms with van der Waals surface area (Å²) in [6, 6.07) is 2.92. The van der Waals surface area contributed by atoms with E-state index in [2.05, 4.69) is 39.7 Å². The van der Waals surface area contributed by atoms with E-state index >= 15 is 0 Å². The Morgan fingerprint density at radius 3 is 3.07 bits per heavy atom. The van der Waals surface area contributed by atoms with Gasteiger partial charge in [-0.1, -0.05) is 6.42 Å². The molecule has 1 N–H and O–H groups in total. The Labute approximate surface area is 104 Å². The van der Waals surface area contributed by atoms with Crippen molar-refractivity contribution in [2.24, 2.45) is 5.92 Å². The van der Waals surface area contributed by atoms with E-state index in [0.717, 1.165) is 12.0 Å². The number of hydrogen-bond donors (Lipinski definition) is 1. The van der Waals surface area contributed by atoms with E-state index in [1.807, 2.05) is 11.3 Å². The summed E-state index contributed by atoms with van der Waals surface area (Å²) in [5.41, 5.74) is 0. The molecule has 0 aromatic carbocycles. The highest BCUT2D eigenvalue weighted by molar-refractivity contribution is 9.10. The van der Waals surface area contributed by atoms with Crippen molar-refractivity contribution in [3.63, 3.8) is 0 Å². The predicted octanol–water partition coefficient (Wildman–Crippen LogP) is 3.83. The van der Waals surface area contributed by atoms with Crippen LogP contribution in [-0.4, -0.2) is 13.1 Å². The second-order valence-electron chi connectivity index (χ2n) is 4.41. The first-order valence-corrected chi connectivity index (χ1v) is 7.36. The Morgan fingerprint density at radius 1 is 1.53 bits per heavy atom. The third kappa shape index (κ3) is 3.05. The lowest BCUT2D eigenvalue weighted by molar-refractivity contribution is 0.295. The van der Waals surface area contributed by atoms with Crippen molar-refractivity contribution < 1.29 is 0 Å². The highest BCUT2D eigenvalue weighted by atomic mass is 79.9. The Kier molecular flexibility index (Phi) is 4.23. The molecule has 2 unspecified atom stereocenters. The molecule has 0 saturated heterocycles. The van der Waals surface area contributed by atoms with Crippen molar-refractivity contribution in [2.75, 3.05) is 7.05 Å². The van der Waals surface area contributed by atoms with Gasteiger partial charge in [-0.05, 0) is 66.0 Å². The zero-order chi connectivity index (χ0) is 10.7. The van der Waals surface area contributed by atoms with E-state index in [4.69, 9.17) is 0 Å². The van der Waals surface area contributed by atoms with Crippen LogP contribution in [-0.2, 0) is 6.42 Å². The van der Waals surface area contributed by atoms with Gasteiger partial charge in [-0.2, -0.15) is 0 Å². The lowest BCUT2D eigenvalue weighted by Gasteiger charge is -2.28. The van der Waals surface area contributed by atoms with Crippen molar-refractivity contribution in [1.82, 2.24) is 5.32 Å². The molecular weight excluding hydrogens is 270 g/mol. The molecule has 0 radical (unpaired) electrons. The molecule has 15 heavy (non-hydrogen) atoms. The fourth-order valence-corrected chi connectivity index (χ4v) is 4.10. The first kappa shape index (κ1) is 11.6. The van der Waals surface area contributed by atoms with Crippen LogP contribution in [0, 0.1) is 5.92 Å². The molecule has 2 rings (SSSR count). The van der Waals surface area contributed by atoms with Crippen molar-refractivity contribution >= 4 is 27.3 Å². The highest BCUT2D eigenvalue weighted by Gasteiger charge is 2.21. The minimum Gasteiger partial charge on any atom is -0.317 e. The molecule has 0 bridgehead atoms. The molecule has 0 amide bonds. The first-order valence-electron chi connectivity index (χ1n) is 5.68. The molecule has 1 aromatic rings.